The summed E-state index contributed by atoms with van der Waals surface area (Å²) in [5.41, 5.74) is -0.120. The fourth-order valence-electron chi connectivity index (χ4n) is 5.14. The highest BCUT2D eigenvalue weighted by Crippen LogP contribution is 2.60. The Kier molecular flexibility index (Phi) is 2.92. The Labute approximate surface area is 104 Å². The lowest BCUT2D eigenvalue weighted by atomic mass is 9.49. The number of ether oxygens (including phenoxy) is 1. The molecule has 4 aliphatic rings. The number of hydrogen-bond donors (Lipinski definition) is 0. The Hall–Kier alpha value is -0.530. The van der Waals surface area contributed by atoms with Gasteiger partial charge in [0.2, 0.25) is 0 Å². The summed E-state index contributed by atoms with van der Waals surface area (Å²) < 4.78 is 5.60. The average Bonchev–Trinajstić information content (AvgIpc) is 2.31. The van der Waals surface area contributed by atoms with Gasteiger partial charge in [0.1, 0.15) is 5.60 Å². The van der Waals surface area contributed by atoms with Crippen molar-refractivity contribution in [1.82, 2.24) is 0 Å². The Balaban J connectivity index is 1.84. The molecule has 0 aromatic carbocycles. The summed E-state index contributed by atoms with van der Waals surface area (Å²) in [5.74, 6) is 3.16. The van der Waals surface area contributed by atoms with Crippen LogP contribution >= 0.6 is 0 Å². The summed E-state index contributed by atoms with van der Waals surface area (Å²) in [6.07, 6.45) is 10.1. The van der Waals surface area contributed by atoms with Crippen molar-refractivity contribution in [3.63, 3.8) is 0 Å². The molecule has 0 heterocycles. The number of unbranched alkanes of at least 4 members (excludes halogenated alkanes) is 1. The lowest BCUT2D eigenvalue weighted by Crippen LogP contribution is -2.58. The number of rotatable bonds is 5. The van der Waals surface area contributed by atoms with E-state index in [1.807, 2.05) is 0 Å². The zero-order chi connectivity index (χ0) is 11.9. The molecule has 2 heteroatoms. The lowest BCUT2D eigenvalue weighted by Gasteiger charge is -2.59. The molecule has 0 saturated heterocycles. The molecule has 0 N–H and O–H groups in total. The van der Waals surface area contributed by atoms with Gasteiger partial charge in [0.15, 0.2) is 0 Å². The smallest absolute Gasteiger partial charge is 0.418 e. The Morgan fingerprint density at radius 1 is 1.12 bits per heavy atom. The third-order valence-electron chi connectivity index (χ3n) is 5.67. The summed E-state index contributed by atoms with van der Waals surface area (Å²) in [5, 5.41) is 0. The van der Waals surface area contributed by atoms with Crippen LogP contribution in [0.4, 0.5) is 0 Å². The van der Waals surface area contributed by atoms with Crippen LogP contribution in [0.2, 0.25) is 0 Å². The third kappa shape index (κ3) is 1.71. The van der Waals surface area contributed by atoms with Gasteiger partial charge >= 0.3 is 6.47 Å². The molecule has 4 rings (SSSR count). The van der Waals surface area contributed by atoms with Crippen LogP contribution in [0.3, 0.4) is 0 Å². The molecule has 0 amide bonds. The first kappa shape index (κ1) is 11.6. The third-order valence-corrected chi connectivity index (χ3v) is 5.67. The fraction of sp³-hybridized carbons (Fsp3) is 0.933. The monoisotopic (exact) mass is 235 g/mol. The molecule has 4 bridgehead atoms. The predicted molar refractivity (Wildman–Crippen MR) is 66.1 cm³/mol. The van der Waals surface area contributed by atoms with Gasteiger partial charge in [-0.3, -0.25) is 0 Å². The van der Waals surface area contributed by atoms with Crippen molar-refractivity contribution >= 4 is 6.47 Å². The second-order valence-electron chi connectivity index (χ2n) is 6.55. The average molecular weight is 235 g/mol. The van der Waals surface area contributed by atoms with E-state index in [0.29, 0.717) is 11.8 Å². The molecule has 4 aliphatic carbocycles. The van der Waals surface area contributed by atoms with Crippen molar-refractivity contribution in [1.29, 1.82) is 0 Å². The largest absolute Gasteiger partial charge is 0.450 e. The minimum atomic E-state index is -0.120. The molecule has 1 radical (unpaired) electrons. The molecule has 17 heavy (non-hydrogen) atoms. The van der Waals surface area contributed by atoms with Crippen LogP contribution in [0.1, 0.15) is 58.3 Å². The first-order valence-electron chi connectivity index (χ1n) is 7.33. The summed E-state index contributed by atoms with van der Waals surface area (Å²) in [6, 6.07) is 0. The predicted octanol–water partition coefficient (Wildman–Crippen LogP) is 3.46. The second-order valence-corrected chi connectivity index (χ2v) is 6.55. The molecule has 2 nitrogen and oxygen atoms in total. The van der Waals surface area contributed by atoms with Gasteiger partial charge in [-0.25, -0.2) is 4.79 Å². The van der Waals surface area contributed by atoms with Crippen molar-refractivity contribution in [2.24, 2.45) is 23.7 Å². The highest BCUT2D eigenvalue weighted by molar-refractivity contribution is 5.40. The molecule has 0 unspecified atom stereocenters. The van der Waals surface area contributed by atoms with Crippen molar-refractivity contribution in [2.45, 2.75) is 63.9 Å². The van der Waals surface area contributed by atoms with E-state index < -0.39 is 0 Å². The standard InChI is InChI=1S/C15H23O2/c1-2-3-4-15(17-10-16)13-6-11-5-12(8-13)9-14(15)7-11/h11-14H,2-9H2,1H3. The molecule has 0 aromatic heterocycles. The molecule has 0 atom stereocenters. The van der Waals surface area contributed by atoms with Crippen LogP contribution in [0.25, 0.3) is 0 Å². The Bertz CT molecular complexity index is 269. The Morgan fingerprint density at radius 3 is 2.18 bits per heavy atom. The summed E-state index contributed by atoms with van der Waals surface area (Å²) in [7, 11) is 0. The molecular formula is C15H23O2. The highest BCUT2D eigenvalue weighted by atomic mass is 16.5. The van der Waals surface area contributed by atoms with Gasteiger partial charge in [0.25, 0.3) is 0 Å². The van der Waals surface area contributed by atoms with E-state index in [0.717, 1.165) is 18.3 Å². The number of hydrogen-bond acceptors (Lipinski definition) is 2. The minimum Gasteiger partial charge on any atom is -0.450 e. The van der Waals surface area contributed by atoms with E-state index in [4.69, 9.17) is 4.74 Å². The van der Waals surface area contributed by atoms with Crippen LogP contribution in [-0.2, 0) is 9.53 Å². The van der Waals surface area contributed by atoms with Gasteiger partial charge in [0.05, 0.1) is 0 Å². The first-order valence-corrected chi connectivity index (χ1v) is 7.33. The summed E-state index contributed by atoms with van der Waals surface area (Å²) >= 11 is 0. The molecule has 0 aliphatic heterocycles. The van der Waals surface area contributed by atoms with E-state index in [1.165, 1.54) is 44.9 Å². The Morgan fingerprint density at radius 2 is 1.71 bits per heavy atom. The van der Waals surface area contributed by atoms with Gasteiger partial charge < -0.3 is 4.74 Å². The fourth-order valence-corrected chi connectivity index (χ4v) is 5.14. The normalized spacial score (nSPS) is 47.1. The van der Waals surface area contributed by atoms with Gasteiger partial charge in [-0.15, -0.1) is 0 Å². The van der Waals surface area contributed by atoms with Gasteiger partial charge in [-0.2, -0.15) is 0 Å². The van der Waals surface area contributed by atoms with Crippen LogP contribution in [-0.4, -0.2) is 12.1 Å². The van der Waals surface area contributed by atoms with E-state index in [-0.39, 0.29) is 5.60 Å². The van der Waals surface area contributed by atoms with Crippen LogP contribution in [0, 0.1) is 23.7 Å². The molecule has 4 saturated carbocycles. The first-order chi connectivity index (χ1) is 8.28. The maximum absolute atomic E-state index is 10.8. The highest BCUT2D eigenvalue weighted by Gasteiger charge is 2.58. The van der Waals surface area contributed by atoms with Crippen molar-refractivity contribution < 1.29 is 9.53 Å². The topological polar surface area (TPSA) is 26.3 Å². The molecule has 0 spiro atoms. The van der Waals surface area contributed by atoms with Gasteiger partial charge in [-0.05, 0) is 68.6 Å². The zero-order valence-electron chi connectivity index (χ0n) is 10.8. The van der Waals surface area contributed by atoms with Crippen molar-refractivity contribution in [2.75, 3.05) is 0 Å². The van der Waals surface area contributed by atoms with E-state index >= 15 is 0 Å². The summed E-state index contributed by atoms with van der Waals surface area (Å²) in [4.78, 5) is 10.8. The van der Waals surface area contributed by atoms with Crippen LogP contribution in [0.15, 0.2) is 0 Å². The molecule has 0 aromatic rings. The lowest BCUT2D eigenvalue weighted by molar-refractivity contribution is -0.167. The van der Waals surface area contributed by atoms with Crippen LogP contribution < -0.4 is 0 Å². The molecule has 95 valence electrons. The number of carbonyl (C=O) groups excluding carboxylic acids is 1. The van der Waals surface area contributed by atoms with E-state index in [9.17, 15) is 4.79 Å². The minimum absolute atomic E-state index is 0.120. The van der Waals surface area contributed by atoms with Gasteiger partial charge in [0, 0.05) is 0 Å². The molecule has 4 fully saturated rings. The zero-order valence-corrected chi connectivity index (χ0v) is 10.8. The maximum atomic E-state index is 10.8. The quantitative estimate of drug-likeness (QED) is 0.729. The molecular weight excluding hydrogens is 212 g/mol. The van der Waals surface area contributed by atoms with Gasteiger partial charge in [-0.1, -0.05) is 13.3 Å². The van der Waals surface area contributed by atoms with Crippen molar-refractivity contribution in [3.8, 4) is 0 Å². The SMILES string of the molecule is CCCCC1(O[C]=O)C2CC3CC(C2)CC1C3. The van der Waals surface area contributed by atoms with E-state index in [2.05, 4.69) is 6.92 Å². The van der Waals surface area contributed by atoms with E-state index in [1.54, 1.807) is 6.47 Å². The maximum Gasteiger partial charge on any atom is 0.418 e. The van der Waals surface area contributed by atoms with Crippen molar-refractivity contribution in [3.05, 3.63) is 0 Å². The summed E-state index contributed by atoms with van der Waals surface area (Å²) in [6.45, 7) is 4.01. The second kappa shape index (κ2) is 4.29. The van der Waals surface area contributed by atoms with Crippen LogP contribution in [0.5, 0.6) is 0 Å².